The standard InChI is InChI=1S/C26H31N3O4/c1-25(19-27,20-32-18-22-13-7-3-8-14-22)29-23(30)26(15-9-4-10-16-26)33-24(31)28-17-21-11-5-2-6-12-21/h2-3,5-8,11-14H,4,9-10,15-18,20H2,1H3,(H,28,31)(H,29,30)/t25-/m1/s1. The number of nitrogens with one attached hydrogen (secondary N) is 2. The van der Waals surface area contributed by atoms with Gasteiger partial charge in [0.25, 0.3) is 5.91 Å². The van der Waals surface area contributed by atoms with E-state index in [2.05, 4.69) is 16.7 Å². The fraction of sp³-hybridized carbons (Fsp3) is 0.423. The quantitative estimate of drug-likeness (QED) is 0.597. The van der Waals surface area contributed by atoms with Crippen LogP contribution in [-0.2, 0) is 27.4 Å². The molecular weight excluding hydrogens is 418 g/mol. The summed E-state index contributed by atoms with van der Waals surface area (Å²) in [5.74, 6) is -0.454. The van der Waals surface area contributed by atoms with Gasteiger partial charge in [0, 0.05) is 6.54 Å². The molecule has 0 radical (unpaired) electrons. The second-order valence-electron chi connectivity index (χ2n) is 8.66. The van der Waals surface area contributed by atoms with Crippen molar-refractivity contribution < 1.29 is 19.1 Å². The SMILES string of the molecule is C[C@@](C#N)(COCc1ccccc1)NC(=O)C1(OC(=O)NCc2ccccc2)CCCCC1. The Morgan fingerprint density at radius 1 is 1.00 bits per heavy atom. The van der Waals surface area contributed by atoms with Crippen LogP contribution in [0.5, 0.6) is 0 Å². The highest BCUT2D eigenvalue weighted by Gasteiger charge is 2.46. The van der Waals surface area contributed by atoms with Gasteiger partial charge in [0.05, 0.1) is 19.3 Å². The Kier molecular flexibility index (Phi) is 8.45. The topological polar surface area (TPSA) is 100 Å². The minimum absolute atomic E-state index is 0.0143. The van der Waals surface area contributed by atoms with Crippen LogP contribution in [0.15, 0.2) is 60.7 Å². The zero-order valence-electron chi connectivity index (χ0n) is 19.0. The van der Waals surface area contributed by atoms with Crippen LogP contribution < -0.4 is 10.6 Å². The third kappa shape index (κ3) is 7.06. The molecule has 0 spiro atoms. The van der Waals surface area contributed by atoms with Crippen molar-refractivity contribution in [2.45, 2.75) is 63.3 Å². The van der Waals surface area contributed by atoms with Gasteiger partial charge in [-0.2, -0.15) is 5.26 Å². The first-order valence-electron chi connectivity index (χ1n) is 11.3. The molecule has 2 N–H and O–H groups in total. The number of nitrogens with zero attached hydrogens (tertiary/aromatic N) is 1. The average Bonchev–Trinajstić information content (AvgIpc) is 2.84. The summed E-state index contributed by atoms with van der Waals surface area (Å²) in [6.45, 7) is 2.26. The monoisotopic (exact) mass is 449 g/mol. The summed E-state index contributed by atoms with van der Waals surface area (Å²) in [5, 5.41) is 15.3. The van der Waals surface area contributed by atoms with Crippen molar-refractivity contribution in [2.24, 2.45) is 0 Å². The number of nitriles is 1. The molecule has 0 bridgehead atoms. The smallest absolute Gasteiger partial charge is 0.408 e. The molecule has 7 nitrogen and oxygen atoms in total. The lowest BCUT2D eigenvalue weighted by Gasteiger charge is -2.37. The Balaban J connectivity index is 1.60. The van der Waals surface area contributed by atoms with E-state index in [0.29, 0.717) is 26.0 Å². The van der Waals surface area contributed by atoms with Crippen LogP contribution >= 0.6 is 0 Å². The van der Waals surface area contributed by atoms with E-state index >= 15 is 0 Å². The third-order valence-corrected chi connectivity index (χ3v) is 5.78. The molecule has 7 heteroatoms. The average molecular weight is 450 g/mol. The van der Waals surface area contributed by atoms with Gasteiger partial charge < -0.3 is 20.1 Å². The number of benzene rings is 2. The maximum Gasteiger partial charge on any atom is 0.408 e. The Morgan fingerprint density at radius 2 is 1.61 bits per heavy atom. The number of amides is 2. The van der Waals surface area contributed by atoms with Crippen LogP contribution in [0.4, 0.5) is 4.79 Å². The second kappa shape index (κ2) is 11.5. The van der Waals surface area contributed by atoms with Gasteiger partial charge in [-0.15, -0.1) is 0 Å². The maximum absolute atomic E-state index is 13.3. The predicted octanol–water partition coefficient (Wildman–Crippen LogP) is 4.23. The molecular formula is C26H31N3O4. The second-order valence-corrected chi connectivity index (χ2v) is 8.66. The summed E-state index contributed by atoms with van der Waals surface area (Å²) in [6, 6.07) is 21.2. The zero-order valence-corrected chi connectivity index (χ0v) is 19.0. The van der Waals surface area contributed by atoms with E-state index in [1.54, 1.807) is 6.92 Å². The number of hydrogen-bond donors (Lipinski definition) is 2. The summed E-state index contributed by atoms with van der Waals surface area (Å²) < 4.78 is 11.4. The molecule has 0 heterocycles. The van der Waals surface area contributed by atoms with Crippen molar-refractivity contribution in [3.63, 3.8) is 0 Å². The first kappa shape index (κ1) is 24.3. The van der Waals surface area contributed by atoms with Gasteiger partial charge in [0.1, 0.15) is 5.54 Å². The minimum atomic E-state index is -1.30. The first-order valence-corrected chi connectivity index (χ1v) is 11.3. The van der Waals surface area contributed by atoms with Crippen molar-refractivity contribution in [1.29, 1.82) is 5.26 Å². The molecule has 0 unspecified atom stereocenters. The lowest BCUT2D eigenvalue weighted by molar-refractivity contribution is -0.145. The van der Waals surface area contributed by atoms with E-state index in [9.17, 15) is 14.9 Å². The largest absolute Gasteiger partial charge is 0.433 e. The van der Waals surface area contributed by atoms with Crippen LogP contribution in [0.1, 0.15) is 50.2 Å². The zero-order chi connectivity index (χ0) is 23.6. The number of ether oxygens (including phenoxy) is 2. The molecule has 2 aromatic rings. The molecule has 2 amide bonds. The van der Waals surface area contributed by atoms with Crippen molar-refractivity contribution in [1.82, 2.24) is 10.6 Å². The first-order chi connectivity index (χ1) is 15.9. The predicted molar refractivity (Wildman–Crippen MR) is 124 cm³/mol. The van der Waals surface area contributed by atoms with Gasteiger partial charge in [-0.1, -0.05) is 67.1 Å². The summed E-state index contributed by atoms with van der Waals surface area (Å²) in [6.07, 6.45) is 2.71. The van der Waals surface area contributed by atoms with E-state index in [4.69, 9.17) is 9.47 Å². The molecule has 1 atom stereocenters. The molecule has 0 saturated heterocycles. The van der Waals surface area contributed by atoms with Crippen LogP contribution in [-0.4, -0.2) is 29.7 Å². The fourth-order valence-corrected chi connectivity index (χ4v) is 3.89. The summed E-state index contributed by atoms with van der Waals surface area (Å²) in [7, 11) is 0. The summed E-state index contributed by atoms with van der Waals surface area (Å²) in [5.41, 5.74) is -0.632. The number of carbonyl (C=O) groups is 2. The molecule has 33 heavy (non-hydrogen) atoms. The Morgan fingerprint density at radius 3 is 2.21 bits per heavy atom. The van der Waals surface area contributed by atoms with E-state index < -0.39 is 23.1 Å². The summed E-state index contributed by atoms with van der Waals surface area (Å²) in [4.78, 5) is 25.9. The van der Waals surface area contributed by atoms with Crippen molar-refractivity contribution in [3.8, 4) is 6.07 Å². The van der Waals surface area contributed by atoms with Gasteiger partial charge in [-0.25, -0.2) is 4.79 Å². The van der Waals surface area contributed by atoms with Crippen LogP contribution in [0.25, 0.3) is 0 Å². The lowest BCUT2D eigenvalue weighted by Crippen LogP contribution is -2.59. The molecule has 1 aliphatic carbocycles. The van der Waals surface area contributed by atoms with E-state index in [1.807, 2.05) is 60.7 Å². The highest BCUT2D eigenvalue weighted by atomic mass is 16.6. The maximum atomic E-state index is 13.3. The molecule has 1 aliphatic rings. The highest BCUT2D eigenvalue weighted by Crippen LogP contribution is 2.33. The van der Waals surface area contributed by atoms with Gasteiger partial charge in [-0.05, 0) is 43.7 Å². The highest BCUT2D eigenvalue weighted by molar-refractivity contribution is 5.88. The molecule has 1 fully saturated rings. The molecule has 0 aliphatic heterocycles. The third-order valence-electron chi connectivity index (χ3n) is 5.78. The van der Waals surface area contributed by atoms with Gasteiger partial charge in [0.15, 0.2) is 5.60 Å². The number of hydrogen-bond acceptors (Lipinski definition) is 5. The van der Waals surface area contributed by atoms with E-state index in [-0.39, 0.29) is 6.61 Å². The molecule has 1 saturated carbocycles. The molecule has 174 valence electrons. The van der Waals surface area contributed by atoms with Crippen molar-refractivity contribution in [2.75, 3.05) is 6.61 Å². The van der Waals surface area contributed by atoms with Gasteiger partial charge in [0.2, 0.25) is 0 Å². The van der Waals surface area contributed by atoms with E-state index in [1.165, 1.54) is 0 Å². The Bertz CT molecular complexity index is 953. The minimum Gasteiger partial charge on any atom is -0.433 e. The molecule has 3 rings (SSSR count). The van der Waals surface area contributed by atoms with Crippen LogP contribution in [0, 0.1) is 11.3 Å². The number of rotatable bonds is 9. The number of carbonyl (C=O) groups excluding carboxylic acids is 2. The van der Waals surface area contributed by atoms with Crippen LogP contribution in [0.3, 0.4) is 0 Å². The molecule has 0 aromatic heterocycles. The Hall–Kier alpha value is -3.37. The fourth-order valence-electron chi connectivity index (χ4n) is 3.89. The van der Waals surface area contributed by atoms with Gasteiger partial charge in [-0.3, -0.25) is 4.79 Å². The summed E-state index contributed by atoms with van der Waals surface area (Å²) >= 11 is 0. The molecule has 2 aromatic carbocycles. The van der Waals surface area contributed by atoms with Crippen molar-refractivity contribution in [3.05, 3.63) is 71.8 Å². The van der Waals surface area contributed by atoms with E-state index in [0.717, 1.165) is 30.4 Å². The van der Waals surface area contributed by atoms with Gasteiger partial charge >= 0.3 is 6.09 Å². The normalized spacial score (nSPS) is 16.6. The number of alkyl carbamates (subject to hydrolysis) is 1. The van der Waals surface area contributed by atoms with Crippen molar-refractivity contribution >= 4 is 12.0 Å². The Labute approximate surface area is 195 Å². The lowest BCUT2D eigenvalue weighted by atomic mass is 9.83. The van der Waals surface area contributed by atoms with Crippen LogP contribution in [0.2, 0.25) is 0 Å².